The first-order valence-corrected chi connectivity index (χ1v) is 6.47. The summed E-state index contributed by atoms with van der Waals surface area (Å²) in [4.78, 5) is 13.5. The molecule has 0 aromatic carbocycles. The molecule has 112 valence electrons. The van der Waals surface area contributed by atoms with E-state index < -0.39 is 37.1 Å². The van der Waals surface area contributed by atoms with Crippen molar-refractivity contribution in [2.45, 2.75) is 57.5 Å². The number of likely N-dealkylation sites (tertiary alicyclic amines) is 1. The predicted molar refractivity (Wildman–Crippen MR) is 64.6 cm³/mol. The van der Waals surface area contributed by atoms with Gasteiger partial charge in [-0.15, -0.1) is 0 Å². The van der Waals surface area contributed by atoms with Crippen LogP contribution >= 0.6 is 0 Å². The van der Waals surface area contributed by atoms with Gasteiger partial charge in [0, 0.05) is 25.6 Å². The van der Waals surface area contributed by atoms with E-state index in [0.29, 0.717) is 19.0 Å². The van der Waals surface area contributed by atoms with Crippen LogP contribution in [0.25, 0.3) is 0 Å². The normalized spacial score (nSPS) is 25.6. The highest BCUT2D eigenvalue weighted by atomic mass is 19.4. The predicted octanol–water partition coefficient (Wildman–Crippen LogP) is 1.29. The Labute approximate surface area is 111 Å². The van der Waals surface area contributed by atoms with Crippen LogP contribution < -0.4 is 5.32 Å². The third-order valence-corrected chi connectivity index (χ3v) is 3.33. The van der Waals surface area contributed by atoms with Crippen LogP contribution in [0, 0.1) is 0 Å². The zero-order valence-corrected chi connectivity index (χ0v) is 11.2. The number of piperidine rings is 1. The Morgan fingerprint density at radius 3 is 2.58 bits per heavy atom. The lowest BCUT2D eigenvalue weighted by Crippen LogP contribution is -2.55. The number of hydrogen-bond donors (Lipinski definition) is 2. The summed E-state index contributed by atoms with van der Waals surface area (Å²) in [5.74, 6) is -0.653. The molecule has 1 amide bonds. The second-order valence-corrected chi connectivity index (χ2v) is 5.23. The van der Waals surface area contributed by atoms with Crippen molar-refractivity contribution in [2.75, 3.05) is 13.1 Å². The molecule has 1 aliphatic heterocycles. The van der Waals surface area contributed by atoms with Gasteiger partial charge in [-0.3, -0.25) is 9.69 Å². The fourth-order valence-electron chi connectivity index (χ4n) is 2.13. The van der Waals surface area contributed by atoms with E-state index in [1.807, 2.05) is 13.8 Å². The zero-order valence-electron chi connectivity index (χ0n) is 11.2. The van der Waals surface area contributed by atoms with E-state index in [4.69, 9.17) is 0 Å². The molecule has 2 unspecified atom stereocenters. The van der Waals surface area contributed by atoms with Crippen molar-refractivity contribution in [2.24, 2.45) is 0 Å². The van der Waals surface area contributed by atoms with Gasteiger partial charge in [0.1, 0.15) is 0 Å². The van der Waals surface area contributed by atoms with Crippen molar-refractivity contribution < 1.29 is 23.1 Å². The zero-order chi connectivity index (χ0) is 14.6. The van der Waals surface area contributed by atoms with Gasteiger partial charge < -0.3 is 10.4 Å². The van der Waals surface area contributed by atoms with Gasteiger partial charge in [0.05, 0.1) is 18.6 Å². The van der Waals surface area contributed by atoms with Crippen molar-refractivity contribution in [1.29, 1.82) is 0 Å². The van der Waals surface area contributed by atoms with Gasteiger partial charge in [-0.05, 0) is 20.3 Å². The van der Waals surface area contributed by atoms with Gasteiger partial charge in [0.25, 0.3) is 0 Å². The summed E-state index contributed by atoms with van der Waals surface area (Å²) >= 11 is 0. The van der Waals surface area contributed by atoms with Crippen molar-refractivity contribution in [3.8, 4) is 0 Å². The number of aliphatic hydroxyl groups is 1. The molecule has 0 aliphatic carbocycles. The fraction of sp³-hybridized carbons (Fsp3) is 0.917. The lowest BCUT2D eigenvalue weighted by atomic mass is 10.0. The van der Waals surface area contributed by atoms with E-state index in [0.717, 1.165) is 6.54 Å². The van der Waals surface area contributed by atoms with Crippen molar-refractivity contribution in [3.63, 3.8) is 0 Å². The van der Waals surface area contributed by atoms with E-state index in [2.05, 4.69) is 10.2 Å². The molecule has 1 heterocycles. The lowest BCUT2D eigenvalue weighted by Gasteiger charge is -2.38. The van der Waals surface area contributed by atoms with Crippen LogP contribution in [0.15, 0.2) is 0 Å². The maximum absolute atomic E-state index is 12.0. The molecular formula is C12H21F3N2O2. The number of β-amino-alcohol motifs (C(OH)–C–C–N with tert-alkyl or cyclic N) is 1. The average Bonchev–Trinajstić information content (AvgIpc) is 2.28. The molecule has 1 rings (SSSR count). The molecule has 19 heavy (non-hydrogen) atoms. The molecule has 1 fully saturated rings. The Hall–Kier alpha value is -0.820. The SMILES string of the molecule is CC(C)N1CCC(NC(=O)CCC(F)(F)F)C(O)C1. The minimum atomic E-state index is -4.32. The third kappa shape index (κ3) is 5.78. The highest BCUT2D eigenvalue weighted by Gasteiger charge is 2.31. The molecule has 0 bridgehead atoms. The maximum Gasteiger partial charge on any atom is 0.389 e. The topological polar surface area (TPSA) is 52.6 Å². The van der Waals surface area contributed by atoms with Crippen molar-refractivity contribution in [1.82, 2.24) is 10.2 Å². The molecule has 4 nitrogen and oxygen atoms in total. The molecule has 0 aromatic heterocycles. The number of carbonyl (C=O) groups is 1. The number of carbonyl (C=O) groups excluding carboxylic acids is 1. The maximum atomic E-state index is 12.0. The van der Waals surface area contributed by atoms with Crippen molar-refractivity contribution in [3.05, 3.63) is 0 Å². The Balaban J connectivity index is 2.36. The second kappa shape index (κ2) is 6.56. The molecule has 0 spiro atoms. The second-order valence-electron chi connectivity index (χ2n) is 5.23. The van der Waals surface area contributed by atoms with Gasteiger partial charge in [-0.25, -0.2) is 0 Å². The average molecular weight is 282 g/mol. The minimum absolute atomic E-state index is 0.302. The molecule has 1 aliphatic rings. The van der Waals surface area contributed by atoms with Crippen LogP contribution in [0.3, 0.4) is 0 Å². The van der Waals surface area contributed by atoms with Gasteiger partial charge in [-0.1, -0.05) is 0 Å². The number of rotatable bonds is 4. The highest BCUT2D eigenvalue weighted by molar-refractivity contribution is 5.76. The summed E-state index contributed by atoms with van der Waals surface area (Å²) in [7, 11) is 0. The molecule has 0 aromatic rings. The largest absolute Gasteiger partial charge is 0.390 e. The first kappa shape index (κ1) is 16.2. The number of aliphatic hydroxyl groups excluding tert-OH is 1. The molecule has 1 saturated heterocycles. The molecule has 0 radical (unpaired) electrons. The standard InChI is InChI=1S/C12H21F3N2O2/c1-8(2)17-6-4-9(10(18)7-17)16-11(19)3-5-12(13,14)15/h8-10,18H,3-7H2,1-2H3,(H,16,19). The van der Waals surface area contributed by atoms with E-state index >= 15 is 0 Å². The summed E-state index contributed by atoms with van der Waals surface area (Å²) in [6.07, 6.45) is -6.21. The quantitative estimate of drug-likeness (QED) is 0.817. The Bertz CT molecular complexity index is 308. The summed E-state index contributed by atoms with van der Waals surface area (Å²) in [5.41, 5.74) is 0. The number of hydrogen-bond acceptors (Lipinski definition) is 3. The minimum Gasteiger partial charge on any atom is -0.390 e. The Morgan fingerprint density at radius 1 is 1.47 bits per heavy atom. The molecule has 7 heteroatoms. The summed E-state index contributed by atoms with van der Waals surface area (Å²) in [5, 5.41) is 12.4. The lowest BCUT2D eigenvalue weighted by molar-refractivity contribution is -0.145. The van der Waals surface area contributed by atoms with E-state index in [9.17, 15) is 23.1 Å². The summed E-state index contributed by atoms with van der Waals surface area (Å²) in [6.45, 7) is 5.17. The number of amides is 1. The third-order valence-electron chi connectivity index (χ3n) is 3.33. The first-order chi connectivity index (χ1) is 8.69. The van der Waals surface area contributed by atoms with E-state index in [1.165, 1.54) is 0 Å². The smallest absolute Gasteiger partial charge is 0.389 e. The molecule has 2 atom stereocenters. The van der Waals surface area contributed by atoms with Gasteiger partial charge in [-0.2, -0.15) is 13.2 Å². The number of nitrogens with one attached hydrogen (secondary N) is 1. The Kier molecular flexibility index (Phi) is 5.61. The van der Waals surface area contributed by atoms with E-state index in [1.54, 1.807) is 0 Å². The molecule has 0 saturated carbocycles. The van der Waals surface area contributed by atoms with Crippen LogP contribution in [0.4, 0.5) is 13.2 Å². The van der Waals surface area contributed by atoms with Crippen LogP contribution in [-0.4, -0.2) is 53.4 Å². The monoisotopic (exact) mass is 282 g/mol. The highest BCUT2D eigenvalue weighted by Crippen LogP contribution is 2.21. The summed E-state index contributed by atoms with van der Waals surface area (Å²) < 4.78 is 35.9. The van der Waals surface area contributed by atoms with Gasteiger partial charge in [0.2, 0.25) is 5.91 Å². The fourth-order valence-corrected chi connectivity index (χ4v) is 2.13. The van der Waals surface area contributed by atoms with Crippen LogP contribution in [0.5, 0.6) is 0 Å². The van der Waals surface area contributed by atoms with Gasteiger partial charge in [0.15, 0.2) is 0 Å². The molecular weight excluding hydrogens is 261 g/mol. The molecule has 2 N–H and O–H groups in total. The first-order valence-electron chi connectivity index (χ1n) is 6.47. The number of nitrogens with zero attached hydrogens (tertiary/aromatic N) is 1. The van der Waals surface area contributed by atoms with Crippen LogP contribution in [0.1, 0.15) is 33.1 Å². The van der Waals surface area contributed by atoms with Crippen LogP contribution in [-0.2, 0) is 4.79 Å². The number of alkyl halides is 3. The van der Waals surface area contributed by atoms with Crippen LogP contribution in [0.2, 0.25) is 0 Å². The number of halogens is 3. The van der Waals surface area contributed by atoms with Crippen molar-refractivity contribution >= 4 is 5.91 Å². The summed E-state index contributed by atoms with van der Waals surface area (Å²) in [6, 6.07) is -0.146. The van der Waals surface area contributed by atoms with E-state index in [-0.39, 0.29) is 0 Å². The Morgan fingerprint density at radius 2 is 2.11 bits per heavy atom. The van der Waals surface area contributed by atoms with Gasteiger partial charge >= 0.3 is 6.18 Å².